The number of benzene rings is 1. The maximum absolute atomic E-state index is 11.9. The molecule has 2 aliphatic heterocycles. The van der Waals surface area contributed by atoms with Crippen LogP contribution in [0.15, 0.2) is 29.4 Å². The predicted molar refractivity (Wildman–Crippen MR) is 67.9 cm³/mol. The first-order valence-electron chi connectivity index (χ1n) is 6.03. The van der Waals surface area contributed by atoms with Gasteiger partial charge in [0.15, 0.2) is 0 Å². The fraction of sp³-hybridized carbons (Fsp3) is 0.385. The number of halogens is 1. The van der Waals surface area contributed by atoms with Gasteiger partial charge < -0.3 is 14.3 Å². The number of hydrogen-bond donors (Lipinski definition) is 0. The summed E-state index contributed by atoms with van der Waals surface area (Å²) >= 11 is 6.12. The summed E-state index contributed by atoms with van der Waals surface area (Å²) in [6.07, 6.45) is -1.23. The second-order valence-electron chi connectivity index (χ2n) is 4.26. The van der Waals surface area contributed by atoms with Crippen molar-refractivity contribution in [2.24, 2.45) is 11.1 Å². The second kappa shape index (κ2) is 4.83. The maximum Gasteiger partial charge on any atom is 0.321 e. The molecule has 0 bridgehead atoms. The molecular formula is C13H12ClNO4. The SMILES string of the molecule is CCO[C@@H]1OC(=O)[C@@H]2C(c3ccccc3Cl)=NO[C@H]12. The number of esters is 1. The van der Waals surface area contributed by atoms with Gasteiger partial charge in [-0.2, -0.15) is 0 Å². The van der Waals surface area contributed by atoms with E-state index in [0.717, 1.165) is 0 Å². The van der Waals surface area contributed by atoms with E-state index in [9.17, 15) is 4.79 Å². The van der Waals surface area contributed by atoms with Crippen molar-refractivity contribution >= 4 is 23.3 Å². The smallest absolute Gasteiger partial charge is 0.321 e. The maximum atomic E-state index is 11.9. The van der Waals surface area contributed by atoms with E-state index >= 15 is 0 Å². The largest absolute Gasteiger partial charge is 0.431 e. The standard InChI is InChI=1S/C13H12ClNO4/c1-2-17-13-11-9(12(16)18-13)10(15-19-11)7-5-3-4-6-8(7)14/h3-6,9,11,13H,2H2,1H3/t9-,11+,13-/m1/s1. The molecule has 19 heavy (non-hydrogen) atoms. The first-order valence-corrected chi connectivity index (χ1v) is 6.41. The Balaban J connectivity index is 1.91. The third-order valence-corrected chi connectivity index (χ3v) is 3.46. The third-order valence-electron chi connectivity index (χ3n) is 3.13. The number of carbonyl (C=O) groups excluding carboxylic acids is 1. The van der Waals surface area contributed by atoms with Gasteiger partial charge in [0.05, 0.1) is 0 Å². The van der Waals surface area contributed by atoms with Crippen LogP contribution in [-0.2, 0) is 19.1 Å². The summed E-state index contributed by atoms with van der Waals surface area (Å²) in [6.45, 7) is 2.26. The van der Waals surface area contributed by atoms with Gasteiger partial charge in [0.1, 0.15) is 11.6 Å². The Morgan fingerprint density at radius 2 is 2.21 bits per heavy atom. The number of hydrogen-bond acceptors (Lipinski definition) is 5. The van der Waals surface area contributed by atoms with E-state index in [0.29, 0.717) is 22.9 Å². The molecule has 2 aliphatic rings. The number of oxime groups is 1. The van der Waals surface area contributed by atoms with Crippen molar-refractivity contribution in [3.63, 3.8) is 0 Å². The molecule has 3 atom stereocenters. The number of ether oxygens (including phenoxy) is 2. The van der Waals surface area contributed by atoms with Crippen LogP contribution in [-0.4, -0.2) is 30.7 Å². The van der Waals surface area contributed by atoms with Crippen molar-refractivity contribution in [3.05, 3.63) is 34.9 Å². The van der Waals surface area contributed by atoms with Gasteiger partial charge in [0, 0.05) is 17.2 Å². The van der Waals surface area contributed by atoms with Crippen LogP contribution >= 0.6 is 11.6 Å². The van der Waals surface area contributed by atoms with Crippen LogP contribution in [0.1, 0.15) is 12.5 Å². The van der Waals surface area contributed by atoms with Crippen molar-refractivity contribution in [2.45, 2.75) is 19.3 Å². The molecule has 0 spiro atoms. The Kier molecular flexibility index (Phi) is 3.16. The zero-order valence-electron chi connectivity index (χ0n) is 10.2. The molecule has 1 aromatic carbocycles. The highest BCUT2D eigenvalue weighted by molar-refractivity contribution is 6.35. The fourth-order valence-electron chi connectivity index (χ4n) is 2.28. The average molecular weight is 282 g/mol. The highest BCUT2D eigenvalue weighted by atomic mass is 35.5. The van der Waals surface area contributed by atoms with E-state index in [1.165, 1.54) is 0 Å². The van der Waals surface area contributed by atoms with Gasteiger partial charge in [0.2, 0.25) is 12.4 Å². The minimum absolute atomic E-state index is 0.389. The topological polar surface area (TPSA) is 57.1 Å². The molecule has 0 unspecified atom stereocenters. The van der Waals surface area contributed by atoms with Crippen molar-refractivity contribution in [1.82, 2.24) is 0 Å². The van der Waals surface area contributed by atoms with Gasteiger partial charge in [-0.25, -0.2) is 0 Å². The van der Waals surface area contributed by atoms with E-state index < -0.39 is 18.3 Å². The van der Waals surface area contributed by atoms with Crippen LogP contribution in [0.3, 0.4) is 0 Å². The van der Waals surface area contributed by atoms with Gasteiger partial charge in [0.25, 0.3) is 0 Å². The van der Waals surface area contributed by atoms with E-state index in [-0.39, 0.29) is 5.97 Å². The summed E-state index contributed by atoms with van der Waals surface area (Å²) in [5.41, 5.74) is 1.19. The van der Waals surface area contributed by atoms with Gasteiger partial charge in [-0.1, -0.05) is 35.0 Å². The molecule has 0 amide bonds. The lowest BCUT2D eigenvalue weighted by Gasteiger charge is -2.13. The molecule has 0 saturated carbocycles. The van der Waals surface area contributed by atoms with Crippen molar-refractivity contribution in [3.8, 4) is 0 Å². The molecular weight excluding hydrogens is 270 g/mol. The Bertz CT molecular complexity index is 545. The fourth-order valence-corrected chi connectivity index (χ4v) is 2.51. The number of carbonyl (C=O) groups is 1. The predicted octanol–water partition coefficient (Wildman–Crippen LogP) is 1.98. The highest BCUT2D eigenvalue weighted by Crippen LogP contribution is 2.35. The average Bonchev–Trinajstić information content (AvgIpc) is 2.94. The summed E-state index contributed by atoms with van der Waals surface area (Å²) in [5.74, 6) is -0.962. The van der Waals surface area contributed by atoms with Gasteiger partial charge >= 0.3 is 5.97 Å². The van der Waals surface area contributed by atoms with Gasteiger partial charge in [-0.3, -0.25) is 4.79 Å². The van der Waals surface area contributed by atoms with Gasteiger partial charge in [-0.05, 0) is 13.0 Å². The summed E-state index contributed by atoms with van der Waals surface area (Å²) in [5, 5.41) is 4.51. The van der Waals surface area contributed by atoms with Crippen molar-refractivity contribution < 1.29 is 19.1 Å². The monoisotopic (exact) mass is 281 g/mol. The molecule has 2 heterocycles. The van der Waals surface area contributed by atoms with E-state index in [2.05, 4.69) is 5.16 Å². The molecule has 0 aromatic heterocycles. The molecule has 3 rings (SSSR count). The normalized spacial score (nSPS) is 28.6. The Morgan fingerprint density at radius 1 is 1.42 bits per heavy atom. The van der Waals surface area contributed by atoms with Crippen molar-refractivity contribution in [2.75, 3.05) is 6.61 Å². The molecule has 1 aromatic rings. The molecule has 5 nitrogen and oxygen atoms in total. The molecule has 0 radical (unpaired) electrons. The quantitative estimate of drug-likeness (QED) is 0.795. The molecule has 1 saturated heterocycles. The Hall–Kier alpha value is -1.59. The zero-order valence-corrected chi connectivity index (χ0v) is 11.0. The molecule has 1 fully saturated rings. The van der Waals surface area contributed by atoms with Crippen molar-refractivity contribution in [1.29, 1.82) is 0 Å². The first kappa shape index (κ1) is 12.4. The summed E-state index contributed by atoms with van der Waals surface area (Å²) in [4.78, 5) is 17.2. The lowest BCUT2D eigenvalue weighted by atomic mass is 9.94. The first-order chi connectivity index (χ1) is 9.22. The van der Waals surface area contributed by atoms with E-state index in [1.807, 2.05) is 19.1 Å². The number of fused-ring (bicyclic) bond motifs is 1. The summed E-state index contributed by atoms with van der Waals surface area (Å²) in [6, 6.07) is 7.19. The van der Waals surface area contributed by atoms with Crippen LogP contribution in [0.5, 0.6) is 0 Å². The molecule has 100 valence electrons. The zero-order chi connectivity index (χ0) is 13.4. The summed E-state index contributed by atoms with van der Waals surface area (Å²) < 4.78 is 10.5. The molecule has 0 N–H and O–H groups in total. The summed E-state index contributed by atoms with van der Waals surface area (Å²) in [7, 11) is 0. The minimum atomic E-state index is -0.703. The second-order valence-corrected chi connectivity index (χ2v) is 4.67. The van der Waals surface area contributed by atoms with Crippen LogP contribution in [0.25, 0.3) is 0 Å². The van der Waals surface area contributed by atoms with Crippen LogP contribution in [0.4, 0.5) is 0 Å². The molecule has 6 heteroatoms. The Labute approximate surface area is 115 Å². The van der Waals surface area contributed by atoms with Crippen LogP contribution in [0, 0.1) is 5.92 Å². The molecule has 0 aliphatic carbocycles. The number of rotatable bonds is 3. The highest BCUT2D eigenvalue weighted by Gasteiger charge is 2.54. The van der Waals surface area contributed by atoms with E-state index in [4.69, 9.17) is 25.9 Å². The number of cyclic esters (lactones) is 1. The van der Waals surface area contributed by atoms with Crippen LogP contribution < -0.4 is 0 Å². The number of nitrogens with zero attached hydrogens (tertiary/aromatic N) is 1. The lowest BCUT2D eigenvalue weighted by molar-refractivity contribution is -0.177. The third kappa shape index (κ3) is 1.99. The lowest BCUT2D eigenvalue weighted by Crippen LogP contribution is -2.30. The minimum Gasteiger partial charge on any atom is -0.431 e. The van der Waals surface area contributed by atoms with Crippen LogP contribution in [0.2, 0.25) is 5.02 Å². The van der Waals surface area contributed by atoms with Gasteiger partial charge in [-0.15, -0.1) is 0 Å². The van der Waals surface area contributed by atoms with E-state index in [1.54, 1.807) is 12.1 Å². The Morgan fingerprint density at radius 3 is 2.95 bits per heavy atom.